The molecule has 1 aliphatic carbocycles. The highest BCUT2D eigenvalue weighted by atomic mass is 35.5. The number of amides is 2. The molecule has 0 aromatic heterocycles. The lowest BCUT2D eigenvalue weighted by Crippen LogP contribution is -2.39. The van der Waals surface area contributed by atoms with Crippen LogP contribution < -0.4 is 5.32 Å². The summed E-state index contributed by atoms with van der Waals surface area (Å²) < 4.78 is 0. The lowest BCUT2D eigenvalue weighted by Gasteiger charge is -2.29. The molecule has 24 heavy (non-hydrogen) atoms. The van der Waals surface area contributed by atoms with Gasteiger partial charge in [0.2, 0.25) is 0 Å². The van der Waals surface area contributed by atoms with Crippen molar-refractivity contribution < 1.29 is 9.90 Å². The lowest BCUT2D eigenvalue weighted by atomic mass is 10.1. The Bertz CT molecular complexity index is 748. The predicted octanol–water partition coefficient (Wildman–Crippen LogP) is 4.16. The second kappa shape index (κ2) is 7.24. The van der Waals surface area contributed by atoms with Gasteiger partial charge in [-0.15, -0.1) is 0 Å². The van der Waals surface area contributed by atoms with Gasteiger partial charge >= 0.3 is 6.03 Å². The molecule has 0 heterocycles. The zero-order valence-corrected chi connectivity index (χ0v) is 14.4. The maximum absolute atomic E-state index is 12.8. The Morgan fingerprint density at radius 2 is 2.12 bits per heavy atom. The van der Waals surface area contributed by atoms with E-state index in [1.54, 1.807) is 11.0 Å². The van der Waals surface area contributed by atoms with Crippen LogP contribution in [-0.4, -0.2) is 29.2 Å². The standard InChI is InChI=1S/C19H21ClN2O2/c1-13-6-8-16(20)17(12-13)21-19(24)22(10-11-23)18-9-7-14-4-2-3-5-15(14)18/h2-6,8,12,18,23H,7,9-11H2,1H3,(H,21,24). The van der Waals surface area contributed by atoms with E-state index in [2.05, 4.69) is 17.4 Å². The monoisotopic (exact) mass is 344 g/mol. The number of hydrogen-bond donors (Lipinski definition) is 2. The van der Waals surface area contributed by atoms with E-state index in [9.17, 15) is 9.90 Å². The van der Waals surface area contributed by atoms with Gasteiger partial charge in [0.05, 0.1) is 23.4 Å². The van der Waals surface area contributed by atoms with Gasteiger partial charge in [0.15, 0.2) is 0 Å². The average molecular weight is 345 g/mol. The van der Waals surface area contributed by atoms with Crippen molar-refractivity contribution in [2.24, 2.45) is 0 Å². The molecule has 4 nitrogen and oxygen atoms in total. The fraction of sp³-hybridized carbons (Fsp3) is 0.316. The molecule has 1 aliphatic rings. The SMILES string of the molecule is Cc1ccc(Cl)c(NC(=O)N(CCO)C2CCc3ccccc32)c1. The van der Waals surface area contributed by atoms with Gasteiger partial charge < -0.3 is 15.3 Å². The van der Waals surface area contributed by atoms with Crippen molar-refractivity contribution in [2.45, 2.75) is 25.8 Å². The summed E-state index contributed by atoms with van der Waals surface area (Å²) in [5, 5.41) is 12.8. The Balaban J connectivity index is 1.83. The van der Waals surface area contributed by atoms with Crippen molar-refractivity contribution in [1.29, 1.82) is 0 Å². The molecule has 0 fully saturated rings. The van der Waals surface area contributed by atoms with E-state index in [1.807, 2.05) is 31.2 Å². The Morgan fingerprint density at radius 1 is 1.33 bits per heavy atom. The summed E-state index contributed by atoms with van der Waals surface area (Å²) in [6.45, 7) is 2.16. The number of aryl methyl sites for hydroxylation is 2. The summed E-state index contributed by atoms with van der Waals surface area (Å²) in [5.74, 6) is 0. The fourth-order valence-electron chi connectivity index (χ4n) is 3.29. The van der Waals surface area contributed by atoms with Crippen molar-refractivity contribution in [3.8, 4) is 0 Å². The number of benzene rings is 2. The number of aliphatic hydroxyl groups is 1. The number of halogens is 1. The van der Waals surface area contributed by atoms with Crippen molar-refractivity contribution in [2.75, 3.05) is 18.5 Å². The van der Waals surface area contributed by atoms with Crippen LogP contribution in [0.5, 0.6) is 0 Å². The second-order valence-electron chi connectivity index (χ2n) is 6.08. The van der Waals surface area contributed by atoms with Gasteiger partial charge in [-0.05, 0) is 48.6 Å². The van der Waals surface area contributed by atoms with Crippen molar-refractivity contribution in [3.05, 3.63) is 64.2 Å². The molecule has 3 rings (SSSR count). The summed E-state index contributed by atoms with van der Waals surface area (Å²) in [5.41, 5.74) is 4.05. The fourth-order valence-corrected chi connectivity index (χ4v) is 3.45. The maximum Gasteiger partial charge on any atom is 0.322 e. The Hall–Kier alpha value is -2.04. The second-order valence-corrected chi connectivity index (χ2v) is 6.49. The number of rotatable bonds is 4. The van der Waals surface area contributed by atoms with Gasteiger partial charge in [-0.25, -0.2) is 4.79 Å². The van der Waals surface area contributed by atoms with E-state index in [4.69, 9.17) is 11.6 Å². The number of carbonyl (C=O) groups excluding carboxylic acids is 1. The third-order valence-electron chi connectivity index (χ3n) is 4.44. The van der Waals surface area contributed by atoms with E-state index in [-0.39, 0.29) is 25.2 Å². The third-order valence-corrected chi connectivity index (χ3v) is 4.77. The van der Waals surface area contributed by atoms with Gasteiger partial charge in [-0.2, -0.15) is 0 Å². The molecule has 5 heteroatoms. The molecule has 0 saturated carbocycles. The third kappa shape index (κ3) is 3.40. The van der Waals surface area contributed by atoms with E-state index >= 15 is 0 Å². The summed E-state index contributed by atoms with van der Waals surface area (Å²) >= 11 is 6.18. The predicted molar refractivity (Wildman–Crippen MR) is 96.5 cm³/mol. The minimum atomic E-state index is -0.238. The highest BCUT2D eigenvalue weighted by Gasteiger charge is 2.30. The molecule has 2 N–H and O–H groups in total. The molecule has 2 aromatic carbocycles. The molecule has 2 amide bonds. The molecule has 0 aliphatic heterocycles. The first-order valence-electron chi connectivity index (χ1n) is 8.12. The number of hydrogen-bond acceptors (Lipinski definition) is 2. The molecular weight excluding hydrogens is 324 g/mol. The Labute approximate surface area is 147 Å². The normalized spacial score (nSPS) is 15.9. The highest BCUT2D eigenvalue weighted by Crippen LogP contribution is 2.36. The van der Waals surface area contributed by atoms with Crippen LogP contribution in [0.4, 0.5) is 10.5 Å². The van der Waals surface area contributed by atoms with Crippen LogP contribution in [0.3, 0.4) is 0 Å². The molecular formula is C19H21ClN2O2. The summed E-state index contributed by atoms with van der Waals surface area (Å²) in [4.78, 5) is 14.5. The molecule has 0 saturated heterocycles. The lowest BCUT2D eigenvalue weighted by molar-refractivity contribution is 0.162. The van der Waals surface area contributed by atoms with Crippen molar-refractivity contribution >= 4 is 23.3 Å². The molecule has 2 aromatic rings. The number of fused-ring (bicyclic) bond motifs is 1. The number of nitrogens with one attached hydrogen (secondary N) is 1. The number of anilines is 1. The molecule has 0 radical (unpaired) electrons. The van der Waals surface area contributed by atoms with Gasteiger partial charge in [0.25, 0.3) is 0 Å². The summed E-state index contributed by atoms with van der Waals surface area (Å²) in [6, 6.07) is 13.4. The van der Waals surface area contributed by atoms with Crippen LogP contribution in [0, 0.1) is 6.92 Å². The van der Waals surface area contributed by atoms with E-state index in [0.29, 0.717) is 10.7 Å². The molecule has 126 valence electrons. The summed E-state index contributed by atoms with van der Waals surface area (Å²) in [7, 11) is 0. The van der Waals surface area contributed by atoms with Crippen LogP contribution in [0.1, 0.15) is 29.2 Å². The zero-order chi connectivity index (χ0) is 17.1. The maximum atomic E-state index is 12.8. The van der Waals surface area contributed by atoms with Gasteiger partial charge in [-0.1, -0.05) is 41.9 Å². The van der Waals surface area contributed by atoms with Crippen molar-refractivity contribution in [1.82, 2.24) is 4.90 Å². The van der Waals surface area contributed by atoms with Crippen LogP contribution in [0.15, 0.2) is 42.5 Å². The van der Waals surface area contributed by atoms with Crippen LogP contribution in [0.25, 0.3) is 0 Å². The number of nitrogens with zero attached hydrogens (tertiary/aromatic N) is 1. The largest absolute Gasteiger partial charge is 0.395 e. The topological polar surface area (TPSA) is 52.6 Å². The van der Waals surface area contributed by atoms with E-state index in [0.717, 1.165) is 24.0 Å². The number of carbonyl (C=O) groups is 1. The molecule has 1 atom stereocenters. The number of urea groups is 1. The van der Waals surface area contributed by atoms with Gasteiger partial charge in [0, 0.05) is 6.54 Å². The highest BCUT2D eigenvalue weighted by molar-refractivity contribution is 6.33. The molecule has 1 unspecified atom stereocenters. The van der Waals surface area contributed by atoms with Crippen LogP contribution in [-0.2, 0) is 6.42 Å². The van der Waals surface area contributed by atoms with E-state index in [1.165, 1.54) is 5.56 Å². The molecule has 0 spiro atoms. The summed E-state index contributed by atoms with van der Waals surface area (Å²) in [6.07, 6.45) is 1.82. The first-order chi connectivity index (χ1) is 11.6. The van der Waals surface area contributed by atoms with Crippen LogP contribution in [0.2, 0.25) is 5.02 Å². The average Bonchev–Trinajstić information content (AvgIpc) is 2.99. The smallest absolute Gasteiger partial charge is 0.322 e. The minimum absolute atomic E-state index is 0.0167. The van der Waals surface area contributed by atoms with Crippen LogP contribution >= 0.6 is 11.6 Å². The minimum Gasteiger partial charge on any atom is -0.395 e. The quantitative estimate of drug-likeness (QED) is 0.874. The number of aliphatic hydroxyl groups excluding tert-OH is 1. The van der Waals surface area contributed by atoms with Gasteiger partial charge in [0.1, 0.15) is 0 Å². The first kappa shape index (κ1) is 16.8. The molecule has 0 bridgehead atoms. The van der Waals surface area contributed by atoms with Crippen molar-refractivity contribution in [3.63, 3.8) is 0 Å². The Morgan fingerprint density at radius 3 is 2.92 bits per heavy atom. The van der Waals surface area contributed by atoms with E-state index < -0.39 is 0 Å². The van der Waals surface area contributed by atoms with Gasteiger partial charge in [-0.3, -0.25) is 0 Å². The Kier molecular flexibility index (Phi) is 5.07. The zero-order valence-electron chi connectivity index (χ0n) is 13.6. The first-order valence-corrected chi connectivity index (χ1v) is 8.50.